The second-order valence-corrected chi connectivity index (χ2v) is 5.47. The van der Waals surface area contributed by atoms with E-state index in [-0.39, 0.29) is 5.91 Å². The van der Waals surface area contributed by atoms with Crippen LogP contribution in [-0.2, 0) is 11.3 Å². The number of fused-ring (bicyclic) bond motifs is 2. The fraction of sp³-hybridized carbons (Fsp3) is 0.692. The number of imidazole rings is 1. The Hall–Kier alpha value is -1.36. The number of carbonyl (C=O) groups is 1. The molecule has 0 radical (unpaired) electrons. The van der Waals surface area contributed by atoms with Gasteiger partial charge in [0.25, 0.3) is 0 Å². The maximum atomic E-state index is 12.3. The topological polar surface area (TPSA) is 64.2 Å². The Morgan fingerprint density at radius 2 is 2.06 bits per heavy atom. The largest absolute Gasteiger partial charge is 0.337 e. The van der Waals surface area contributed by atoms with Crippen molar-refractivity contribution in [1.82, 2.24) is 14.5 Å². The molecule has 3 rings (SSSR count). The fourth-order valence-electron chi connectivity index (χ4n) is 3.40. The standard InChI is InChI=1S/C13H20N4O/c14-10-7-11-1-2-12(8-10)17(11)13(18)3-5-16-6-4-15-9-16/h4,6,9-12H,1-3,5,7-8,14H2. The smallest absolute Gasteiger partial charge is 0.224 e. The maximum Gasteiger partial charge on any atom is 0.224 e. The highest BCUT2D eigenvalue weighted by Crippen LogP contribution is 2.35. The molecule has 18 heavy (non-hydrogen) atoms. The van der Waals surface area contributed by atoms with Gasteiger partial charge in [0.05, 0.1) is 6.33 Å². The first-order valence-electron chi connectivity index (χ1n) is 6.76. The van der Waals surface area contributed by atoms with Gasteiger partial charge in [0.2, 0.25) is 5.91 Å². The molecule has 0 spiro atoms. The number of hydrogen-bond donors (Lipinski definition) is 1. The molecule has 2 unspecified atom stereocenters. The molecular formula is C13H20N4O. The molecule has 2 aliphatic rings. The molecule has 2 N–H and O–H groups in total. The first-order valence-corrected chi connectivity index (χ1v) is 6.76. The SMILES string of the molecule is NC1CC2CCC(C1)N2C(=O)CCn1ccnc1. The highest BCUT2D eigenvalue weighted by atomic mass is 16.2. The predicted octanol–water partition coefficient (Wildman–Crippen LogP) is 0.754. The third kappa shape index (κ3) is 2.14. The monoisotopic (exact) mass is 248 g/mol. The van der Waals surface area contributed by atoms with E-state index >= 15 is 0 Å². The molecule has 0 aliphatic carbocycles. The van der Waals surface area contributed by atoms with E-state index in [9.17, 15) is 4.79 Å². The highest BCUT2D eigenvalue weighted by Gasteiger charge is 2.41. The van der Waals surface area contributed by atoms with Gasteiger partial charge in [-0.25, -0.2) is 4.98 Å². The molecule has 2 atom stereocenters. The van der Waals surface area contributed by atoms with E-state index in [1.807, 2.05) is 10.8 Å². The first-order chi connectivity index (χ1) is 8.74. The minimum Gasteiger partial charge on any atom is -0.337 e. The van der Waals surface area contributed by atoms with Crippen molar-refractivity contribution < 1.29 is 4.79 Å². The second-order valence-electron chi connectivity index (χ2n) is 5.47. The summed E-state index contributed by atoms with van der Waals surface area (Å²) in [6.07, 6.45) is 10.2. The van der Waals surface area contributed by atoms with Crippen LogP contribution in [0.3, 0.4) is 0 Å². The van der Waals surface area contributed by atoms with Crippen LogP contribution in [0.4, 0.5) is 0 Å². The van der Waals surface area contributed by atoms with Crippen LogP contribution in [0.1, 0.15) is 32.1 Å². The molecule has 1 aromatic heterocycles. The van der Waals surface area contributed by atoms with Crippen LogP contribution in [0.15, 0.2) is 18.7 Å². The zero-order valence-corrected chi connectivity index (χ0v) is 10.5. The average molecular weight is 248 g/mol. The van der Waals surface area contributed by atoms with Crippen LogP contribution in [0.5, 0.6) is 0 Å². The quantitative estimate of drug-likeness (QED) is 0.858. The Bertz CT molecular complexity index is 403. The summed E-state index contributed by atoms with van der Waals surface area (Å²) >= 11 is 0. The van der Waals surface area contributed by atoms with E-state index < -0.39 is 0 Å². The van der Waals surface area contributed by atoms with Crippen molar-refractivity contribution in [2.24, 2.45) is 5.73 Å². The summed E-state index contributed by atoms with van der Waals surface area (Å²) in [5, 5.41) is 0. The number of aromatic nitrogens is 2. The minimum absolute atomic E-state index is 0.281. The van der Waals surface area contributed by atoms with Crippen molar-refractivity contribution in [2.75, 3.05) is 0 Å². The van der Waals surface area contributed by atoms with Gasteiger partial charge >= 0.3 is 0 Å². The van der Waals surface area contributed by atoms with Crippen LogP contribution in [0, 0.1) is 0 Å². The van der Waals surface area contributed by atoms with Gasteiger partial charge in [-0.15, -0.1) is 0 Å². The molecule has 1 amide bonds. The molecule has 2 aliphatic heterocycles. The van der Waals surface area contributed by atoms with Crippen LogP contribution in [0.2, 0.25) is 0 Å². The van der Waals surface area contributed by atoms with Gasteiger partial charge in [-0.1, -0.05) is 0 Å². The van der Waals surface area contributed by atoms with Crippen molar-refractivity contribution in [3.05, 3.63) is 18.7 Å². The first kappa shape index (κ1) is 11.7. The third-order valence-corrected chi connectivity index (χ3v) is 4.20. The molecule has 2 bridgehead atoms. The number of hydrogen-bond acceptors (Lipinski definition) is 3. The van der Waals surface area contributed by atoms with Crippen LogP contribution < -0.4 is 5.73 Å². The Morgan fingerprint density at radius 1 is 1.33 bits per heavy atom. The molecule has 3 heterocycles. The van der Waals surface area contributed by atoms with Crippen molar-refractivity contribution >= 4 is 5.91 Å². The molecule has 5 heteroatoms. The summed E-state index contributed by atoms with van der Waals surface area (Å²) < 4.78 is 1.95. The summed E-state index contributed by atoms with van der Waals surface area (Å²) in [7, 11) is 0. The summed E-state index contributed by atoms with van der Waals surface area (Å²) in [6, 6.07) is 1.09. The minimum atomic E-state index is 0.281. The van der Waals surface area contributed by atoms with E-state index in [4.69, 9.17) is 5.73 Å². The predicted molar refractivity (Wildman–Crippen MR) is 67.7 cm³/mol. The van der Waals surface area contributed by atoms with Crippen LogP contribution >= 0.6 is 0 Å². The zero-order valence-electron chi connectivity index (χ0n) is 10.5. The summed E-state index contributed by atoms with van der Waals surface area (Å²) in [4.78, 5) is 18.4. The molecule has 98 valence electrons. The number of nitrogens with zero attached hydrogens (tertiary/aromatic N) is 3. The molecule has 1 aromatic rings. The van der Waals surface area contributed by atoms with Crippen molar-refractivity contribution in [1.29, 1.82) is 0 Å². The van der Waals surface area contributed by atoms with Crippen molar-refractivity contribution in [3.8, 4) is 0 Å². The lowest BCUT2D eigenvalue weighted by atomic mass is 9.98. The lowest BCUT2D eigenvalue weighted by molar-refractivity contribution is -0.136. The highest BCUT2D eigenvalue weighted by molar-refractivity contribution is 5.77. The maximum absolute atomic E-state index is 12.3. The normalized spacial score (nSPS) is 30.7. The van der Waals surface area contributed by atoms with Crippen molar-refractivity contribution in [3.63, 3.8) is 0 Å². The Morgan fingerprint density at radius 3 is 2.67 bits per heavy atom. The summed E-state index contributed by atoms with van der Waals surface area (Å²) in [5.41, 5.74) is 6.02. The lowest BCUT2D eigenvalue weighted by Crippen LogP contribution is -2.50. The fourth-order valence-corrected chi connectivity index (χ4v) is 3.40. The summed E-state index contributed by atoms with van der Waals surface area (Å²) in [5.74, 6) is 0.281. The Kier molecular flexibility index (Phi) is 3.07. The van der Waals surface area contributed by atoms with E-state index in [1.54, 1.807) is 12.5 Å². The number of amides is 1. The van der Waals surface area contributed by atoms with Crippen LogP contribution in [-0.4, -0.2) is 38.5 Å². The average Bonchev–Trinajstić information content (AvgIpc) is 2.94. The van der Waals surface area contributed by atoms with E-state index in [0.717, 1.165) is 32.2 Å². The molecule has 2 fully saturated rings. The molecule has 2 saturated heterocycles. The summed E-state index contributed by atoms with van der Waals surface area (Å²) in [6.45, 7) is 0.723. The van der Waals surface area contributed by atoms with E-state index in [0.29, 0.717) is 24.5 Å². The molecule has 0 aromatic carbocycles. The lowest BCUT2D eigenvalue weighted by Gasteiger charge is -2.37. The number of aryl methyl sites for hydroxylation is 1. The van der Waals surface area contributed by atoms with E-state index in [2.05, 4.69) is 9.88 Å². The molecule has 0 saturated carbocycles. The van der Waals surface area contributed by atoms with Gasteiger partial charge in [0, 0.05) is 43.5 Å². The van der Waals surface area contributed by atoms with Gasteiger partial charge in [-0.3, -0.25) is 4.79 Å². The number of carbonyl (C=O) groups excluding carboxylic acids is 1. The van der Waals surface area contributed by atoms with Crippen LogP contribution in [0.25, 0.3) is 0 Å². The third-order valence-electron chi connectivity index (χ3n) is 4.20. The van der Waals surface area contributed by atoms with E-state index in [1.165, 1.54) is 0 Å². The zero-order chi connectivity index (χ0) is 12.5. The molecule has 5 nitrogen and oxygen atoms in total. The van der Waals surface area contributed by atoms with Gasteiger partial charge in [0.15, 0.2) is 0 Å². The van der Waals surface area contributed by atoms with Gasteiger partial charge in [0.1, 0.15) is 0 Å². The van der Waals surface area contributed by atoms with Crippen molar-refractivity contribution in [2.45, 2.75) is 56.8 Å². The molecular weight excluding hydrogens is 228 g/mol. The van der Waals surface area contributed by atoms with Gasteiger partial charge in [-0.2, -0.15) is 0 Å². The van der Waals surface area contributed by atoms with Gasteiger partial charge in [-0.05, 0) is 25.7 Å². The number of nitrogens with two attached hydrogens (primary N) is 1. The Labute approximate surface area is 107 Å². The number of rotatable bonds is 3. The van der Waals surface area contributed by atoms with Gasteiger partial charge < -0.3 is 15.2 Å². The second kappa shape index (κ2) is 4.72. The Balaban J connectivity index is 1.60. The number of piperidine rings is 1.